The average molecular weight is 328 g/mol. The number of aromatic amines is 1. The molecule has 3 rings (SSSR count). The molecule has 0 fully saturated rings. The van der Waals surface area contributed by atoms with Crippen molar-refractivity contribution in [1.82, 2.24) is 15.3 Å². The first-order valence-corrected chi connectivity index (χ1v) is 7.98. The zero-order valence-corrected chi connectivity index (χ0v) is 13.6. The third-order valence-electron chi connectivity index (χ3n) is 3.80. The van der Waals surface area contributed by atoms with Gasteiger partial charge in [-0.15, -0.1) is 0 Å². The van der Waals surface area contributed by atoms with E-state index in [0.717, 1.165) is 13.0 Å². The minimum absolute atomic E-state index is 0.0465. The van der Waals surface area contributed by atoms with Gasteiger partial charge in [-0.3, -0.25) is 4.79 Å². The minimum Gasteiger partial charge on any atom is -0.309 e. The highest BCUT2D eigenvalue weighted by Gasteiger charge is 2.10. The van der Waals surface area contributed by atoms with Crippen molar-refractivity contribution >= 4 is 22.5 Å². The topological polar surface area (TPSA) is 57.8 Å². The van der Waals surface area contributed by atoms with Gasteiger partial charge in [0.05, 0.1) is 16.9 Å². The summed E-state index contributed by atoms with van der Waals surface area (Å²) in [4.78, 5) is 19.5. The summed E-state index contributed by atoms with van der Waals surface area (Å²) >= 11 is 5.99. The number of hydrogen-bond acceptors (Lipinski definition) is 3. The van der Waals surface area contributed by atoms with E-state index in [2.05, 4.69) is 27.4 Å². The summed E-state index contributed by atoms with van der Waals surface area (Å²) in [7, 11) is 0. The lowest BCUT2D eigenvalue weighted by Gasteiger charge is -2.13. The van der Waals surface area contributed by atoms with Crippen molar-refractivity contribution in [2.24, 2.45) is 0 Å². The Morgan fingerprint density at radius 3 is 2.78 bits per heavy atom. The van der Waals surface area contributed by atoms with Gasteiger partial charge < -0.3 is 10.3 Å². The molecule has 23 heavy (non-hydrogen) atoms. The molecule has 0 saturated carbocycles. The standard InChI is InChI=1S/C18H18ClN3O/c1-12(20-10-9-13-5-3-2-4-6-13)17-21-16-11-14(19)7-8-15(16)18(23)22-17/h2-8,11-12,20H,9-10H2,1H3,(H,21,22,23). The molecule has 1 unspecified atom stereocenters. The number of fused-ring (bicyclic) bond motifs is 1. The molecule has 0 bridgehead atoms. The molecule has 0 saturated heterocycles. The lowest BCUT2D eigenvalue weighted by atomic mass is 10.1. The maximum Gasteiger partial charge on any atom is 0.258 e. The van der Waals surface area contributed by atoms with E-state index in [-0.39, 0.29) is 11.6 Å². The van der Waals surface area contributed by atoms with Crippen LogP contribution in [0.25, 0.3) is 10.9 Å². The highest BCUT2D eigenvalue weighted by Crippen LogP contribution is 2.16. The van der Waals surface area contributed by atoms with Gasteiger partial charge in [0, 0.05) is 5.02 Å². The van der Waals surface area contributed by atoms with Gasteiger partial charge in [0.1, 0.15) is 5.82 Å². The fraction of sp³-hybridized carbons (Fsp3) is 0.222. The third kappa shape index (κ3) is 3.78. The Bertz CT molecular complexity index is 861. The Morgan fingerprint density at radius 2 is 2.00 bits per heavy atom. The molecule has 1 aromatic heterocycles. The first-order chi connectivity index (χ1) is 11.1. The number of halogens is 1. The second-order valence-corrected chi connectivity index (χ2v) is 5.96. The SMILES string of the molecule is CC(NCCc1ccccc1)c1nc2cc(Cl)ccc2c(=O)[nH]1. The van der Waals surface area contributed by atoms with Crippen molar-refractivity contribution < 1.29 is 0 Å². The van der Waals surface area contributed by atoms with Crippen LogP contribution < -0.4 is 10.9 Å². The van der Waals surface area contributed by atoms with E-state index in [4.69, 9.17) is 11.6 Å². The highest BCUT2D eigenvalue weighted by atomic mass is 35.5. The molecular weight excluding hydrogens is 310 g/mol. The molecule has 2 aromatic carbocycles. The normalized spacial score (nSPS) is 12.4. The van der Waals surface area contributed by atoms with Crippen LogP contribution in [0, 0.1) is 0 Å². The average Bonchev–Trinajstić information content (AvgIpc) is 2.55. The van der Waals surface area contributed by atoms with Crippen LogP contribution in [0.1, 0.15) is 24.4 Å². The van der Waals surface area contributed by atoms with Gasteiger partial charge in [0.25, 0.3) is 5.56 Å². The first-order valence-electron chi connectivity index (χ1n) is 7.60. The van der Waals surface area contributed by atoms with Crippen LogP contribution in [-0.4, -0.2) is 16.5 Å². The third-order valence-corrected chi connectivity index (χ3v) is 4.04. The van der Waals surface area contributed by atoms with Crippen molar-refractivity contribution in [1.29, 1.82) is 0 Å². The fourth-order valence-corrected chi connectivity index (χ4v) is 2.68. The molecule has 0 aliphatic heterocycles. The Morgan fingerprint density at radius 1 is 1.22 bits per heavy atom. The summed E-state index contributed by atoms with van der Waals surface area (Å²) in [5.74, 6) is 0.623. The molecule has 0 spiro atoms. The fourth-order valence-electron chi connectivity index (χ4n) is 2.51. The van der Waals surface area contributed by atoms with Crippen LogP contribution in [0.5, 0.6) is 0 Å². The summed E-state index contributed by atoms with van der Waals surface area (Å²) < 4.78 is 0. The number of benzene rings is 2. The Labute approximate surface area is 139 Å². The van der Waals surface area contributed by atoms with Crippen molar-refractivity contribution in [3.05, 3.63) is 75.3 Å². The molecule has 4 nitrogen and oxygen atoms in total. The van der Waals surface area contributed by atoms with Crippen LogP contribution >= 0.6 is 11.6 Å². The molecule has 3 aromatic rings. The zero-order chi connectivity index (χ0) is 16.2. The second-order valence-electron chi connectivity index (χ2n) is 5.52. The van der Waals surface area contributed by atoms with Crippen LogP contribution in [-0.2, 0) is 6.42 Å². The number of nitrogens with zero attached hydrogens (tertiary/aromatic N) is 1. The molecule has 118 valence electrons. The monoisotopic (exact) mass is 327 g/mol. The molecular formula is C18H18ClN3O. The summed E-state index contributed by atoms with van der Waals surface area (Å²) in [6.07, 6.45) is 0.925. The molecule has 5 heteroatoms. The summed E-state index contributed by atoms with van der Waals surface area (Å²) in [5.41, 5.74) is 1.75. The predicted molar refractivity (Wildman–Crippen MR) is 93.9 cm³/mol. The molecule has 0 aliphatic carbocycles. The minimum atomic E-state index is -0.140. The van der Waals surface area contributed by atoms with Crippen LogP contribution in [0.4, 0.5) is 0 Å². The van der Waals surface area contributed by atoms with Gasteiger partial charge in [-0.2, -0.15) is 0 Å². The van der Waals surface area contributed by atoms with Gasteiger partial charge in [-0.1, -0.05) is 41.9 Å². The van der Waals surface area contributed by atoms with E-state index < -0.39 is 0 Å². The van der Waals surface area contributed by atoms with Crippen molar-refractivity contribution in [3.8, 4) is 0 Å². The van der Waals surface area contributed by atoms with Crippen molar-refractivity contribution in [2.45, 2.75) is 19.4 Å². The Kier molecular flexibility index (Phi) is 4.74. The van der Waals surface area contributed by atoms with E-state index in [1.165, 1.54) is 5.56 Å². The maximum atomic E-state index is 12.1. The molecule has 1 heterocycles. The molecule has 0 radical (unpaired) electrons. The summed E-state index contributed by atoms with van der Waals surface area (Å²) in [6.45, 7) is 2.79. The Hall–Kier alpha value is -2.17. The van der Waals surface area contributed by atoms with Crippen molar-refractivity contribution in [3.63, 3.8) is 0 Å². The molecule has 1 atom stereocenters. The second kappa shape index (κ2) is 6.94. The number of H-pyrrole nitrogens is 1. The van der Waals surface area contributed by atoms with E-state index >= 15 is 0 Å². The number of aromatic nitrogens is 2. The summed E-state index contributed by atoms with van der Waals surface area (Å²) in [5, 5.41) is 4.51. The van der Waals surface area contributed by atoms with E-state index in [9.17, 15) is 4.79 Å². The molecule has 2 N–H and O–H groups in total. The van der Waals surface area contributed by atoms with Gasteiger partial charge in [-0.05, 0) is 43.7 Å². The largest absolute Gasteiger partial charge is 0.309 e. The van der Waals surface area contributed by atoms with E-state index in [1.54, 1.807) is 18.2 Å². The highest BCUT2D eigenvalue weighted by molar-refractivity contribution is 6.31. The van der Waals surface area contributed by atoms with Crippen LogP contribution in [0.2, 0.25) is 5.02 Å². The lowest BCUT2D eigenvalue weighted by molar-refractivity contribution is 0.549. The van der Waals surface area contributed by atoms with E-state index in [1.807, 2.05) is 25.1 Å². The smallest absolute Gasteiger partial charge is 0.258 e. The van der Waals surface area contributed by atoms with Gasteiger partial charge in [0.15, 0.2) is 0 Å². The summed E-state index contributed by atoms with van der Waals surface area (Å²) in [6, 6.07) is 15.3. The van der Waals surface area contributed by atoms with E-state index in [0.29, 0.717) is 21.7 Å². The quantitative estimate of drug-likeness (QED) is 0.754. The number of nitrogens with one attached hydrogen (secondary N) is 2. The van der Waals surface area contributed by atoms with Crippen molar-refractivity contribution in [2.75, 3.05) is 6.54 Å². The van der Waals surface area contributed by atoms with Gasteiger partial charge >= 0.3 is 0 Å². The van der Waals surface area contributed by atoms with Crippen LogP contribution in [0.3, 0.4) is 0 Å². The van der Waals surface area contributed by atoms with Crippen LogP contribution in [0.15, 0.2) is 53.3 Å². The zero-order valence-electron chi connectivity index (χ0n) is 12.8. The number of hydrogen-bond donors (Lipinski definition) is 2. The molecule has 0 aliphatic rings. The lowest BCUT2D eigenvalue weighted by Crippen LogP contribution is -2.25. The predicted octanol–water partition coefficient (Wildman–Crippen LogP) is 3.47. The molecule has 0 amide bonds. The number of rotatable bonds is 5. The maximum absolute atomic E-state index is 12.1. The first kappa shape index (κ1) is 15.7. The Balaban J connectivity index is 1.73. The van der Waals surface area contributed by atoms with Gasteiger partial charge in [0.2, 0.25) is 0 Å². The van der Waals surface area contributed by atoms with Gasteiger partial charge in [-0.25, -0.2) is 4.98 Å².